The van der Waals surface area contributed by atoms with E-state index >= 15 is 0 Å². The fraction of sp³-hybridized carbons (Fsp3) is 0.533. The summed E-state index contributed by atoms with van der Waals surface area (Å²) in [5.74, 6) is 0.188. The van der Waals surface area contributed by atoms with E-state index in [1.165, 1.54) is 0 Å². The maximum atomic E-state index is 12.3. The summed E-state index contributed by atoms with van der Waals surface area (Å²) in [7, 11) is 1.87. The normalized spacial score (nSPS) is 27.7. The van der Waals surface area contributed by atoms with Crippen LogP contribution in [0.5, 0.6) is 0 Å². The number of amides is 1. The van der Waals surface area contributed by atoms with E-state index in [0.29, 0.717) is 19.4 Å². The number of carbonyl (C=O) groups is 1. The summed E-state index contributed by atoms with van der Waals surface area (Å²) in [5.41, 5.74) is 0.902. The second-order valence-electron chi connectivity index (χ2n) is 5.95. The SMILES string of the molecule is O=C(OCc1ccccc1)N1C[C@H]2CC[C@H]1[C@H](S(=O)(=O)Cl)C2. The third-order valence-electron chi connectivity index (χ3n) is 4.52. The minimum absolute atomic E-state index is 0.186. The third kappa shape index (κ3) is 3.22. The summed E-state index contributed by atoms with van der Waals surface area (Å²) in [5, 5.41) is -0.675. The van der Waals surface area contributed by atoms with Crippen LogP contribution in [0.4, 0.5) is 4.79 Å². The molecule has 2 bridgehead atoms. The summed E-state index contributed by atoms with van der Waals surface area (Å²) < 4.78 is 28.8. The van der Waals surface area contributed by atoms with Gasteiger partial charge < -0.3 is 9.64 Å². The lowest BCUT2D eigenvalue weighted by Crippen LogP contribution is -2.59. The topological polar surface area (TPSA) is 63.7 Å². The van der Waals surface area contributed by atoms with Gasteiger partial charge in [-0.1, -0.05) is 30.3 Å². The van der Waals surface area contributed by atoms with E-state index in [9.17, 15) is 13.2 Å². The Bertz CT molecular complexity index is 649. The summed E-state index contributed by atoms with van der Waals surface area (Å²) in [6.07, 6.45) is 1.69. The highest BCUT2D eigenvalue weighted by Crippen LogP contribution is 2.39. The van der Waals surface area contributed by atoms with E-state index < -0.39 is 20.4 Å². The zero-order chi connectivity index (χ0) is 15.7. The van der Waals surface area contributed by atoms with Gasteiger partial charge in [-0.15, -0.1) is 0 Å². The van der Waals surface area contributed by atoms with Gasteiger partial charge in [0.05, 0.1) is 11.3 Å². The number of carbonyl (C=O) groups excluding carboxylic acids is 1. The Morgan fingerprint density at radius 2 is 2.00 bits per heavy atom. The molecule has 3 aliphatic rings. The Kier molecular flexibility index (Phi) is 4.32. The first-order valence-corrected chi connectivity index (χ1v) is 9.73. The molecule has 0 radical (unpaired) electrons. The predicted octanol–water partition coefficient (Wildman–Crippen LogP) is 2.74. The molecule has 0 aromatic heterocycles. The first kappa shape index (κ1) is 15.6. The Labute approximate surface area is 134 Å². The van der Waals surface area contributed by atoms with Gasteiger partial charge >= 0.3 is 6.09 Å². The quantitative estimate of drug-likeness (QED) is 0.792. The minimum Gasteiger partial charge on any atom is -0.445 e. The summed E-state index contributed by atoms with van der Waals surface area (Å²) in [6, 6.07) is 9.04. The number of fused-ring (bicyclic) bond motifs is 3. The minimum atomic E-state index is -3.67. The average Bonchev–Trinajstić information content (AvgIpc) is 2.53. The molecule has 2 saturated heterocycles. The first-order valence-electron chi connectivity index (χ1n) is 7.36. The van der Waals surface area contributed by atoms with Crippen molar-refractivity contribution in [1.29, 1.82) is 0 Å². The number of benzene rings is 1. The molecule has 1 aromatic carbocycles. The lowest BCUT2D eigenvalue weighted by molar-refractivity contribution is 0.0287. The van der Waals surface area contributed by atoms with Crippen LogP contribution in [-0.4, -0.2) is 37.2 Å². The molecule has 2 heterocycles. The van der Waals surface area contributed by atoms with Gasteiger partial charge in [0.15, 0.2) is 0 Å². The molecule has 0 spiro atoms. The second kappa shape index (κ2) is 6.08. The highest BCUT2D eigenvalue weighted by atomic mass is 35.7. The van der Waals surface area contributed by atoms with Gasteiger partial charge in [0, 0.05) is 17.2 Å². The van der Waals surface area contributed by atoms with Crippen LogP contribution < -0.4 is 0 Å². The summed E-state index contributed by atoms with van der Waals surface area (Å²) in [6.45, 7) is 0.743. The Morgan fingerprint density at radius 1 is 1.27 bits per heavy atom. The number of halogens is 1. The molecule has 3 atom stereocenters. The van der Waals surface area contributed by atoms with Crippen molar-refractivity contribution in [2.75, 3.05) is 6.54 Å². The number of piperidine rings is 2. The molecule has 4 rings (SSSR count). The Balaban J connectivity index is 1.67. The smallest absolute Gasteiger partial charge is 0.410 e. The first-order chi connectivity index (χ1) is 10.4. The van der Waals surface area contributed by atoms with E-state index in [0.717, 1.165) is 12.0 Å². The van der Waals surface area contributed by atoms with Crippen LogP contribution in [0.3, 0.4) is 0 Å². The standard InChI is InChI=1S/C15H18ClNO4S/c16-22(19,20)14-8-12-6-7-13(14)17(9-12)15(18)21-10-11-4-2-1-3-5-11/h1-5,12-14H,6-10H2/t12-,13-,14+/m0/s1. The Hall–Kier alpha value is -1.27. The molecule has 5 nitrogen and oxygen atoms in total. The monoisotopic (exact) mass is 343 g/mol. The van der Waals surface area contributed by atoms with Crippen molar-refractivity contribution in [3.63, 3.8) is 0 Å². The number of hydrogen-bond acceptors (Lipinski definition) is 4. The van der Waals surface area contributed by atoms with Crippen molar-refractivity contribution >= 4 is 25.8 Å². The fourth-order valence-electron chi connectivity index (χ4n) is 3.45. The van der Waals surface area contributed by atoms with E-state index in [-0.39, 0.29) is 18.6 Å². The van der Waals surface area contributed by atoms with Crippen LogP contribution in [0.25, 0.3) is 0 Å². The van der Waals surface area contributed by atoms with Crippen LogP contribution in [0.1, 0.15) is 24.8 Å². The molecule has 1 amide bonds. The maximum absolute atomic E-state index is 12.3. The lowest BCUT2D eigenvalue weighted by atomic mass is 9.80. The molecule has 0 N–H and O–H groups in total. The van der Waals surface area contributed by atoms with Gasteiger partial charge in [0.25, 0.3) is 0 Å². The Morgan fingerprint density at radius 3 is 2.64 bits per heavy atom. The van der Waals surface area contributed by atoms with E-state index in [1.807, 2.05) is 30.3 Å². The van der Waals surface area contributed by atoms with Crippen molar-refractivity contribution in [2.24, 2.45) is 5.92 Å². The zero-order valence-corrected chi connectivity index (χ0v) is 13.6. The second-order valence-corrected chi connectivity index (χ2v) is 8.80. The molecule has 2 aliphatic heterocycles. The summed E-state index contributed by atoms with van der Waals surface area (Å²) >= 11 is 0. The van der Waals surface area contributed by atoms with Gasteiger partial charge in [0.1, 0.15) is 6.61 Å². The van der Waals surface area contributed by atoms with Crippen LogP contribution in [0.15, 0.2) is 30.3 Å². The zero-order valence-electron chi connectivity index (χ0n) is 12.0. The van der Waals surface area contributed by atoms with Gasteiger partial charge in [-0.3, -0.25) is 0 Å². The number of ether oxygens (including phenoxy) is 1. The van der Waals surface area contributed by atoms with E-state index in [1.54, 1.807) is 4.90 Å². The summed E-state index contributed by atoms with van der Waals surface area (Å²) in [4.78, 5) is 13.8. The molecule has 7 heteroatoms. The van der Waals surface area contributed by atoms with Crippen LogP contribution in [0.2, 0.25) is 0 Å². The van der Waals surface area contributed by atoms with Crippen molar-refractivity contribution in [1.82, 2.24) is 4.90 Å². The molecule has 120 valence electrons. The van der Waals surface area contributed by atoms with Crippen molar-refractivity contribution < 1.29 is 17.9 Å². The van der Waals surface area contributed by atoms with Crippen molar-refractivity contribution in [3.8, 4) is 0 Å². The molecule has 1 aromatic rings. The molecule has 1 saturated carbocycles. The van der Waals surface area contributed by atoms with Crippen LogP contribution in [0, 0.1) is 5.92 Å². The van der Waals surface area contributed by atoms with Gasteiger partial charge in [-0.2, -0.15) is 0 Å². The molecular formula is C15H18ClNO4S. The van der Waals surface area contributed by atoms with Gasteiger partial charge in [-0.25, -0.2) is 13.2 Å². The number of hydrogen-bond donors (Lipinski definition) is 0. The van der Waals surface area contributed by atoms with Gasteiger partial charge in [-0.05, 0) is 30.7 Å². The third-order valence-corrected chi connectivity index (χ3v) is 6.44. The number of nitrogens with zero attached hydrogens (tertiary/aromatic N) is 1. The highest BCUT2D eigenvalue weighted by Gasteiger charge is 2.48. The molecule has 3 fully saturated rings. The van der Waals surface area contributed by atoms with Crippen molar-refractivity contribution in [2.45, 2.75) is 37.2 Å². The van der Waals surface area contributed by atoms with Gasteiger partial charge in [0.2, 0.25) is 9.05 Å². The number of rotatable bonds is 3. The molecular weight excluding hydrogens is 326 g/mol. The fourth-order valence-corrected chi connectivity index (χ4v) is 5.18. The van der Waals surface area contributed by atoms with Crippen LogP contribution >= 0.6 is 10.7 Å². The predicted molar refractivity (Wildman–Crippen MR) is 83.0 cm³/mol. The highest BCUT2D eigenvalue weighted by molar-refractivity contribution is 8.14. The largest absolute Gasteiger partial charge is 0.445 e. The molecule has 0 unspecified atom stereocenters. The maximum Gasteiger partial charge on any atom is 0.410 e. The molecule has 1 aliphatic carbocycles. The lowest BCUT2D eigenvalue weighted by Gasteiger charge is -2.47. The van der Waals surface area contributed by atoms with E-state index in [2.05, 4.69) is 0 Å². The van der Waals surface area contributed by atoms with Crippen molar-refractivity contribution in [3.05, 3.63) is 35.9 Å². The van der Waals surface area contributed by atoms with Crippen LogP contribution in [-0.2, 0) is 20.4 Å². The molecule has 22 heavy (non-hydrogen) atoms. The average molecular weight is 344 g/mol. The van der Waals surface area contributed by atoms with E-state index in [4.69, 9.17) is 15.4 Å².